The lowest BCUT2D eigenvalue weighted by atomic mass is 10.2. The van der Waals surface area contributed by atoms with Crippen molar-refractivity contribution >= 4 is 5.97 Å². The third-order valence-corrected chi connectivity index (χ3v) is 2.05. The van der Waals surface area contributed by atoms with Crippen molar-refractivity contribution in [1.29, 1.82) is 0 Å². The number of carboxylic acids is 1. The lowest BCUT2D eigenvalue weighted by Gasteiger charge is -1.96. The Hall–Kier alpha value is -2.61. The highest BCUT2D eigenvalue weighted by Gasteiger charge is 2.07. The van der Waals surface area contributed by atoms with Crippen LogP contribution in [0, 0.1) is 11.8 Å². The Balaban J connectivity index is 2.19. The molecule has 5 nitrogen and oxygen atoms in total. The topological polar surface area (TPSA) is 68.0 Å². The Bertz CT molecular complexity index is 579. The lowest BCUT2D eigenvalue weighted by Crippen LogP contribution is -2.02. The van der Waals surface area contributed by atoms with Gasteiger partial charge in [0.2, 0.25) is 0 Å². The molecule has 0 aliphatic rings. The van der Waals surface area contributed by atoms with Crippen LogP contribution in [0.1, 0.15) is 16.1 Å². The summed E-state index contributed by atoms with van der Waals surface area (Å²) < 4.78 is 1.65. The Morgan fingerprint density at radius 2 is 2.29 bits per heavy atom. The van der Waals surface area contributed by atoms with E-state index in [-0.39, 0.29) is 11.3 Å². The van der Waals surface area contributed by atoms with Crippen molar-refractivity contribution in [2.24, 2.45) is 0 Å². The predicted molar refractivity (Wildman–Crippen MR) is 60.3 cm³/mol. The van der Waals surface area contributed by atoms with Gasteiger partial charge in [0.25, 0.3) is 0 Å². The van der Waals surface area contributed by atoms with Crippen LogP contribution < -0.4 is 0 Å². The van der Waals surface area contributed by atoms with Crippen LogP contribution in [0.4, 0.5) is 0 Å². The minimum absolute atomic E-state index is 0.112. The molecule has 84 valence electrons. The summed E-state index contributed by atoms with van der Waals surface area (Å²) in [5, 5.41) is 12.9. The van der Waals surface area contributed by atoms with E-state index in [1.807, 2.05) is 0 Å². The molecule has 0 aliphatic heterocycles. The highest BCUT2D eigenvalue weighted by Crippen LogP contribution is 2.03. The van der Waals surface area contributed by atoms with Crippen molar-refractivity contribution in [2.45, 2.75) is 6.54 Å². The standard InChI is InChI=1S/C12H9N3O2/c16-12(17)10-4-1-6-13-11(10)5-2-8-15-9-3-7-14-15/h1,3-4,6-7,9H,8H2,(H,16,17). The number of aromatic carboxylic acids is 1. The number of hydrogen-bond acceptors (Lipinski definition) is 3. The van der Waals surface area contributed by atoms with Gasteiger partial charge in [-0.25, -0.2) is 9.78 Å². The van der Waals surface area contributed by atoms with Crippen LogP contribution in [0.5, 0.6) is 0 Å². The second-order valence-corrected chi connectivity index (χ2v) is 3.21. The highest BCUT2D eigenvalue weighted by atomic mass is 16.4. The van der Waals surface area contributed by atoms with Crippen molar-refractivity contribution < 1.29 is 9.90 Å². The third-order valence-electron chi connectivity index (χ3n) is 2.05. The van der Waals surface area contributed by atoms with E-state index in [1.165, 1.54) is 12.3 Å². The molecule has 0 bridgehead atoms. The van der Waals surface area contributed by atoms with Gasteiger partial charge in [0.1, 0.15) is 12.2 Å². The summed E-state index contributed by atoms with van der Waals surface area (Å²) in [6, 6.07) is 4.85. The summed E-state index contributed by atoms with van der Waals surface area (Å²) >= 11 is 0. The summed E-state index contributed by atoms with van der Waals surface area (Å²) in [6.07, 6.45) is 4.96. The van der Waals surface area contributed by atoms with Gasteiger partial charge in [0.15, 0.2) is 0 Å². The lowest BCUT2D eigenvalue weighted by molar-refractivity contribution is 0.0696. The average Bonchev–Trinajstić information content (AvgIpc) is 2.82. The Morgan fingerprint density at radius 1 is 1.41 bits per heavy atom. The van der Waals surface area contributed by atoms with Crippen LogP contribution in [0.3, 0.4) is 0 Å². The maximum absolute atomic E-state index is 10.9. The molecule has 2 rings (SSSR count). The minimum Gasteiger partial charge on any atom is -0.478 e. The van der Waals surface area contributed by atoms with Crippen molar-refractivity contribution in [3.05, 3.63) is 48.0 Å². The molecule has 2 aromatic heterocycles. The maximum atomic E-state index is 10.9. The Labute approximate surface area is 97.7 Å². The van der Waals surface area contributed by atoms with Crippen LogP contribution in [0.2, 0.25) is 0 Å². The molecule has 0 aromatic carbocycles. The zero-order valence-corrected chi connectivity index (χ0v) is 8.87. The first-order valence-electron chi connectivity index (χ1n) is 4.92. The van der Waals surface area contributed by atoms with Gasteiger partial charge in [-0.2, -0.15) is 5.10 Å². The molecule has 0 atom stereocenters. The van der Waals surface area contributed by atoms with E-state index in [0.29, 0.717) is 6.54 Å². The van der Waals surface area contributed by atoms with Crippen LogP contribution in [0.15, 0.2) is 36.8 Å². The van der Waals surface area contributed by atoms with Gasteiger partial charge in [-0.3, -0.25) is 4.68 Å². The molecule has 0 saturated carbocycles. The normalized spacial score (nSPS) is 9.41. The average molecular weight is 227 g/mol. The summed E-state index contributed by atoms with van der Waals surface area (Å²) in [7, 11) is 0. The second kappa shape index (κ2) is 4.94. The fourth-order valence-corrected chi connectivity index (χ4v) is 1.28. The molecule has 5 heteroatoms. The smallest absolute Gasteiger partial charge is 0.338 e. The first kappa shape index (κ1) is 10.9. The number of carbonyl (C=O) groups is 1. The van der Waals surface area contributed by atoms with Crippen molar-refractivity contribution in [3.63, 3.8) is 0 Å². The molecule has 17 heavy (non-hydrogen) atoms. The Morgan fingerprint density at radius 3 is 3.00 bits per heavy atom. The summed E-state index contributed by atoms with van der Waals surface area (Å²) in [6.45, 7) is 0.405. The number of carboxylic acid groups (broad SMARTS) is 1. The quantitative estimate of drug-likeness (QED) is 0.778. The van der Waals surface area contributed by atoms with E-state index < -0.39 is 5.97 Å². The second-order valence-electron chi connectivity index (χ2n) is 3.21. The van der Waals surface area contributed by atoms with Gasteiger partial charge >= 0.3 is 5.97 Å². The fourth-order valence-electron chi connectivity index (χ4n) is 1.28. The molecule has 0 radical (unpaired) electrons. The molecule has 0 spiro atoms. The largest absolute Gasteiger partial charge is 0.478 e. The van der Waals surface area contributed by atoms with Gasteiger partial charge < -0.3 is 5.11 Å². The molecular weight excluding hydrogens is 218 g/mol. The summed E-state index contributed by atoms with van der Waals surface area (Å²) in [5.74, 6) is 4.53. The molecule has 0 amide bonds. The number of hydrogen-bond donors (Lipinski definition) is 1. The van der Waals surface area contributed by atoms with Gasteiger partial charge in [-0.1, -0.05) is 5.92 Å². The van der Waals surface area contributed by atoms with Gasteiger partial charge in [0.05, 0.1) is 5.56 Å². The van der Waals surface area contributed by atoms with E-state index in [4.69, 9.17) is 5.11 Å². The third kappa shape index (κ3) is 2.69. The van der Waals surface area contributed by atoms with Crippen LogP contribution >= 0.6 is 0 Å². The summed E-state index contributed by atoms with van der Waals surface area (Å²) in [4.78, 5) is 14.8. The number of aromatic nitrogens is 3. The molecule has 0 aliphatic carbocycles. The molecule has 0 fully saturated rings. The molecule has 0 unspecified atom stereocenters. The highest BCUT2D eigenvalue weighted by molar-refractivity contribution is 5.89. The zero-order valence-electron chi connectivity index (χ0n) is 8.87. The van der Waals surface area contributed by atoms with Crippen molar-refractivity contribution in [2.75, 3.05) is 0 Å². The van der Waals surface area contributed by atoms with Gasteiger partial charge in [0, 0.05) is 18.6 Å². The SMILES string of the molecule is O=C(O)c1cccnc1C#CCn1cccn1. The monoisotopic (exact) mass is 227 g/mol. The number of pyridine rings is 1. The van der Waals surface area contributed by atoms with Crippen molar-refractivity contribution in [1.82, 2.24) is 14.8 Å². The Kier molecular flexibility index (Phi) is 3.17. The fraction of sp³-hybridized carbons (Fsp3) is 0.0833. The van der Waals surface area contributed by atoms with Gasteiger partial charge in [-0.05, 0) is 24.1 Å². The molecule has 2 heterocycles. The number of rotatable bonds is 2. The zero-order chi connectivity index (χ0) is 12.1. The van der Waals surface area contributed by atoms with Crippen LogP contribution in [-0.4, -0.2) is 25.8 Å². The number of nitrogens with zero attached hydrogens (tertiary/aromatic N) is 3. The maximum Gasteiger partial charge on any atom is 0.338 e. The summed E-state index contributed by atoms with van der Waals surface area (Å²) in [5.41, 5.74) is 0.382. The minimum atomic E-state index is -1.03. The van der Waals surface area contributed by atoms with Gasteiger partial charge in [-0.15, -0.1) is 0 Å². The van der Waals surface area contributed by atoms with E-state index in [2.05, 4.69) is 21.9 Å². The van der Waals surface area contributed by atoms with Crippen LogP contribution in [-0.2, 0) is 6.54 Å². The van der Waals surface area contributed by atoms with E-state index in [1.54, 1.807) is 29.2 Å². The van der Waals surface area contributed by atoms with Crippen LogP contribution in [0.25, 0.3) is 0 Å². The first-order valence-corrected chi connectivity index (χ1v) is 4.92. The first-order chi connectivity index (χ1) is 8.27. The van der Waals surface area contributed by atoms with E-state index in [9.17, 15) is 4.79 Å². The molecular formula is C12H9N3O2. The van der Waals surface area contributed by atoms with E-state index >= 15 is 0 Å². The molecule has 1 N–H and O–H groups in total. The molecule has 2 aromatic rings. The van der Waals surface area contributed by atoms with Crippen molar-refractivity contribution in [3.8, 4) is 11.8 Å². The van der Waals surface area contributed by atoms with E-state index in [0.717, 1.165) is 0 Å². The molecule has 0 saturated heterocycles. The predicted octanol–water partition coefficient (Wildman–Crippen LogP) is 1.03.